The first kappa shape index (κ1) is 19.0. The molecule has 1 heterocycles. The predicted molar refractivity (Wildman–Crippen MR) is 101 cm³/mol. The second kappa shape index (κ2) is 7.22. The molecule has 1 saturated carbocycles. The second-order valence-electron chi connectivity index (χ2n) is 6.71. The van der Waals surface area contributed by atoms with Gasteiger partial charge in [0.05, 0.1) is 16.0 Å². The maximum Gasteiger partial charge on any atom is 0.251 e. The van der Waals surface area contributed by atoms with Crippen molar-refractivity contribution >= 4 is 17.5 Å². The van der Waals surface area contributed by atoms with Crippen LogP contribution in [0.15, 0.2) is 54.9 Å². The summed E-state index contributed by atoms with van der Waals surface area (Å²) in [6.07, 6.45) is 3.59. The number of halogens is 3. The molecule has 0 saturated heterocycles. The van der Waals surface area contributed by atoms with Crippen LogP contribution >= 0.6 is 11.6 Å². The molecule has 5 nitrogen and oxygen atoms in total. The van der Waals surface area contributed by atoms with Crippen molar-refractivity contribution in [2.45, 2.75) is 17.9 Å². The Morgan fingerprint density at radius 2 is 1.93 bits per heavy atom. The fraction of sp³-hybridized carbons (Fsp3) is 0.143. The van der Waals surface area contributed by atoms with E-state index in [-0.39, 0.29) is 16.1 Å². The van der Waals surface area contributed by atoms with Crippen molar-refractivity contribution in [3.63, 3.8) is 0 Å². The summed E-state index contributed by atoms with van der Waals surface area (Å²) in [5, 5.41) is 11.6. The van der Waals surface area contributed by atoms with Gasteiger partial charge in [0.2, 0.25) is 0 Å². The summed E-state index contributed by atoms with van der Waals surface area (Å²) < 4.78 is 27.9. The zero-order valence-corrected chi connectivity index (χ0v) is 15.6. The lowest BCUT2D eigenvalue weighted by atomic mass is 9.93. The third-order valence-electron chi connectivity index (χ3n) is 5.02. The van der Waals surface area contributed by atoms with Crippen LogP contribution in [-0.4, -0.2) is 21.9 Å². The van der Waals surface area contributed by atoms with E-state index in [1.54, 1.807) is 30.6 Å². The minimum atomic E-state index is -0.812. The molecular formula is C21H13ClF2N4O. The summed E-state index contributed by atoms with van der Waals surface area (Å²) in [4.78, 5) is 21.2. The molecule has 0 radical (unpaired) electrons. The normalized spacial score (nSPS) is 20.0. The number of benzene rings is 2. The van der Waals surface area contributed by atoms with Gasteiger partial charge < -0.3 is 5.32 Å². The summed E-state index contributed by atoms with van der Waals surface area (Å²) in [6.45, 7) is 0. The van der Waals surface area contributed by atoms with Crippen LogP contribution in [0.3, 0.4) is 0 Å². The van der Waals surface area contributed by atoms with E-state index in [1.165, 1.54) is 24.3 Å². The topological polar surface area (TPSA) is 78.7 Å². The minimum Gasteiger partial charge on any atom is -0.348 e. The van der Waals surface area contributed by atoms with Crippen molar-refractivity contribution < 1.29 is 13.6 Å². The number of carbonyl (C=O) groups is 1. The van der Waals surface area contributed by atoms with E-state index in [0.717, 1.165) is 6.07 Å². The minimum absolute atomic E-state index is 0.00725. The number of carbonyl (C=O) groups excluding carboxylic acids is 1. The lowest BCUT2D eigenvalue weighted by molar-refractivity contribution is 0.0948. The average molecular weight is 411 g/mol. The molecule has 2 aromatic carbocycles. The van der Waals surface area contributed by atoms with Gasteiger partial charge in [0, 0.05) is 24.0 Å². The second-order valence-corrected chi connectivity index (χ2v) is 7.12. The number of nitriles is 1. The molecule has 1 aromatic heterocycles. The molecule has 2 atom stereocenters. The number of amides is 1. The number of hydrogen-bond donors (Lipinski definition) is 1. The summed E-state index contributed by atoms with van der Waals surface area (Å²) >= 11 is 5.80. The monoisotopic (exact) mass is 410 g/mol. The highest BCUT2D eigenvalue weighted by Crippen LogP contribution is 2.52. The van der Waals surface area contributed by atoms with E-state index in [4.69, 9.17) is 16.9 Å². The summed E-state index contributed by atoms with van der Waals surface area (Å²) in [6, 6.07) is 11.0. The van der Waals surface area contributed by atoms with E-state index in [1.807, 2.05) is 0 Å². The molecule has 0 spiro atoms. The van der Waals surface area contributed by atoms with Crippen LogP contribution in [0, 0.1) is 23.0 Å². The van der Waals surface area contributed by atoms with Crippen LogP contribution in [-0.2, 0) is 5.41 Å². The number of nitrogens with one attached hydrogen (secondary N) is 1. The number of aromatic nitrogens is 2. The first-order chi connectivity index (χ1) is 14.0. The largest absolute Gasteiger partial charge is 0.348 e. The maximum absolute atomic E-state index is 14.1. The van der Waals surface area contributed by atoms with Gasteiger partial charge in [0.1, 0.15) is 23.5 Å². The zero-order chi connectivity index (χ0) is 20.6. The van der Waals surface area contributed by atoms with E-state index >= 15 is 0 Å². The fourth-order valence-electron chi connectivity index (χ4n) is 3.42. The quantitative estimate of drug-likeness (QED) is 0.710. The van der Waals surface area contributed by atoms with Crippen LogP contribution in [0.2, 0.25) is 5.02 Å². The average Bonchev–Trinajstić information content (AvgIpc) is 3.45. The third-order valence-corrected chi connectivity index (χ3v) is 5.32. The number of nitrogens with zero attached hydrogens (tertiary/aromatic N) is 3. The van der Waals surface area contributed by atoms with Gasteiger partial charge in [0.25, 0.3) is 5.91 Å². The van der Waals surface area contributed by atoms with Gasteiger partial charge in [0.15, 0.2) is 0 Å². The Hall–Kier alpha value is -3.37. The van der Waals surface area contributed by atoms with Crippen molar-refractivity contribution in [3.05, 3.63) is 94.0 Å². The Labute approximate surface area is 170 Å². The molecule has 1 amide bonds. The zero-order valence-electron chi connectivity index (χ0n) is 14.9. The predicted octanol–water partition coefficient (Wildman–Crippen LogP) is 3.77. The Morgan fingerprint density at radius 1 is 1.17 bits per heavy atom. The van der Waals surface area contributed by atoms with Gasteiger partial charge in [-0.3, -0.25) is 4.79 Å². The van der Waals surface area contributed by atoms with Gasteiger partial charge in [-0.15, -0.1) is 0 Å². The molecule has 1 aliphatic rings. The molecule has 29 heavy (non-hydrogen) atoms. The first-order valence-electron chi connectivity index (χ1n) is 8.69. The van der Waals surface area contributed by atoms with Crippen molar-refractivity contribution in [2.75, 3.05) is 0 Å². The molecule has 8 heteroatoms. The van der Waals surface area contributed by atoms with Gasteiger partial charge in [-0.05, 0) is 48.4 Å². The molecule has 3 aromatic rings. The number of hydrogen-bond acceptors (Lipinski definition) is 4. The van der Waals surface area contributed by atoms with Crippen LogP contribution in [0.25, 0.3) is 0 Å². The van der Waals surface area contributed by atoms with Crippen molar-refractivity contribution in [2.24, 2.45) is 0 Å². The number of rotatable bonds is 4. The van der Waals surface area contributed by atoms with Crippen molar-refractivity contribution in [1.29, 1.82) is 5.26 Å². The Morgan fingerprint density at radius 3 is 2.59 bits per heavy atom. The molecule has 0 bridgehead atoms. The van der Waals surface area contributed by atoms with E-state index in [9.17, 15) is 13.6 Å². The smallest absolute Gasteiger partial charge is 0.251 e. The molecule has 1 fully saturated rings. The highest BCUT2D eigenvalue weighted by Gasteiger charge is 2.60. The van der Waals surface area contributed by atoms with Crippen LogP contribution in [0.4, 0.5) is 8.78 Å². The van der Waals surface area contributed by atoms with Gasteiger partial charge in [-0.1, -0.05) is 17.7 Å². The maximum atomic E-state index is 14.1. The summed E-state index contributed by atoms with van der Waals surface area (Å²) in [5.74, 6) is -1.41. The first-order valence-corrected chi connectivity index (χ1v) is 9.07. The lowest BCUT2D eigenvalue weighted by Gasteiger charge is -2.17. The Balaban J connectivity index is 1.66. The van der Waals surface area contributed by atoms with Crippen LogP contribution < -0.4 is 5.32 Å². The molecule has 2 unspecified atom stereocenters. The molecular weight excluding hydrogens is 398 g/mol. The standard InChI is InChI=1S/C21H13ClF2N4O/c22-15-5-4-14(9-17(15)24)21(20-26-6-1-7-27-20)10-18(21)28-19(29)12-2-3-13(11-25)16(23)8-12/h1-9,18H,10H2,(H,28,29). The van der Waals surface area contributed by atoms with E-state index in [0.29, 0.717) is 17.8 Å². The Kier molecular flexibility index (Phi) is 4.73. The van der Waals surface area contributed by atoms with Gasteiger partial charge in [-0.25, -0.2) is 18.7 Å². The SMILES string of the molecule is N#Cc1ccc(C(=O)NC2CC2(c2ccc(Cl)c(F)c2)c2ncccn2)cc1F. The van der Waals surface area contributed by atoms with Gasteiger partial charge >= 0.3 is 0 Å². The molecule has 0 aliphatic heterocycles. The molecule has 1 N–H and O–H groups in total. The lowest BCUT2D eigenvalue weighted by Crippen LogP contribution is -2.32. The Bertz CT molecular complexity index is 1150. The van der Waals surface area contributed by atoms with Crippen molar-refractivity contribution in [3.8, 4) is 6.07 Å². The van der Waals surface area contributed by atoms with E-state index < -0.39 is 29.0 Å². The van der Waals surface area contributed by atoms with E-state index in [2.05, 4.69) is 15.3 Å². The fourth-order valence-corrected chi connectivity index (χ4v) is 3.54. The van der Waals surface area contributed by atoms with Crippen LogP contribution in [0.1, 0.15) is 33.7 Å². The summed E-state index contributed by atoms with van der Waals surface area (Å²) in [5.41, 5.74) is -0.287. The van der Waals surface area contributed by atoms with Gasteiger partial charge in [-0.2, -0.15) is 5.26 Å². The highest BCUT2D eigenvalue weighted by atomic mass is 35.5. The third kappa shape index (κ3) is 3.32. The molecule has 4 rings (SSSR count). The van der Waals surface area contributed by atoms with Crippen molar-refractivity contribution in [1.82, 2.24) is 15.3 Å². The highest BCUT2D eigenvalue weighted by molar-refractivity contribution is 6.30. The summed E-state index contributed by atoms with van der Waals surface area (Å²) in [7, 11) is 0. The molecule has 144 valence electrons. The molecule has 1 aliphatic carbocycles. The van der Waals surface area contributed by atoms with Crippen LogP contribution in [0.5, 0.6) is 0 Å².